The molecule has 0 aromatic heterocycles. The minimum absolute atomic E-state index is 0.00289. The van der Waals surface area contributed by atoms with E-state index in [9.17, 15) is 14.0 Å². The lowest BCUT2D eigenvalue weighted by Crippen LogP contribution is -2.32. The van der Waals surface area contributed by atoms with Crippen LogP contribution in [0.25, 0.3) is 0 Å². The molecule has 21 heavy (non-hydrogen) atoms. The van der Waals surface area contributed by atoms with Gasteiger partial charge in [-0.05, 0) is 39.8 Å². The van der Waals surface area contributed by atoms with Crippen molar-refractivity contribution >= 4 is 17.6 Å². The molecule has 0 N–H and O–H groups in total. The summed E-state index contributed by atoms with van der Waals surface area (Å²) in [6.07, 6.45) is -0.0157. The van der Waals surface area contributed by atoms with Gasteiger partial charge >= 0.3 is 5.97 Å². The Bertz CT molecular complexity index is 508. The van der Waals surface area contributed by atoms with Crippen molar-refractivity contribution in [2.45, 2.75) is 46.1 Å². The summed E-state index contributed by atoms with van der Waals surface area (Å²) in [4.78, 5) is 25.1. The summed E-state index contributed by atoms with van der Waals surface area (Å²) in [6, 6.07) is 6.09. The number of anilines is 1. The molecule has 116 valence electrons. The van der Waals surface area contributed by atoms with Crippen molar-refractivity contribution in [1.29, 1.82) is 0 Å². The van der Waals surface area contributed by atoms with Crippen LogP contribution in [0.4, 0.5) is 10.1 Å². The standard InChI is InChI=1S/C16H22FNO3/c1-5-18(13-9-7-6-8-12(13)17)14(19)10-11-15(20)21-16(2,3)4/h6-9H,5,10-11H2,1-4H3. The van der Waals surface area contributed by atoms with Gasteiger partial charge in [0.1, 0.15) is 11.4 Å². The van der Waals surface area contributed by atoms with Crippen LogP contribution < -0.4 is 4.90 Å². The number of ether oxygens (including phenoxy) is 1. The van der Waals surface area contributed by atoms with Crippen LogP contribution in [0.15, 0.2) is 24.3 Å². The Hall–Kier alpha value is -1.91. The summed E-state index contributed by atoms with van der Waals surface area (Å²) < 4.78 is 18.9. The number of rotatable bonds is 5. The molecule has 0 spiro atoms. The second-order valence-electron chi connectivity index (χ2n) is 5.68. The molecule has 0 saturated heterocycles. The molecule has 0 bridgehead atoms. The van der Waals surface area contributed by atoms with E-state index in [-0.39, 0.29) is 24.4 Å². The number of para-hydroxylation sites is 1. The maximum absolute atomic E-state index is 13.7. The largest absolute Gasteiger partial charge is 0.460 e. The zero-order valence-electron chi connectivity index (χ0n) is 13.0. The first-order valence-electron chi connectivity index (χ1n) is 7.01. The van der Waals surface area contributed by atoms with E-state index < -0.39 is 17.4 Å². The number of hydrogen-bond donors (Lipinski definition) is 0. The molecule has 0 unspecified atom stereocenters. The molecule has 0 radical (unpaired) electrons. The lowest BCUT2D eigenvalue weighted by molar-refractivity contribution is -0.155. The van der Waals surface area contributed by atoms with Gasteiger partial charge in [-0.3, -0.25) is 9.59 Å². The van der Waals surface area contributed by atoms with Gasteiger partial charge in [-0.1, -0.05) is 12.1 Å². The number of carbonyl (C=O) groups excluding carboxylic acids is 2. The SMILES string of the molecule is CCN(C(=O)CCC(=O)OC(C)(C)C)c1ccccc1F. The van der Waals surface area contributed by atoms with Crippen molar-refractivity contribution in [2.24, 2.45) is 0 Å². The molecule has 0 fully saturated rings. The van der Waals surface area contributed by atoms with Crippen LogP contribution in [0.3, 0.4) is 0 Å². The van der Waals surface area contributed by atoms with Gasteiger partial charge in [0.05, 0.1) is 12.1 Å². The van der Waals surface area contributed by atoms with E-state index in [0.29, 0.717) is 6.54 Å². The molecule has 1 aromatic carbocycles. The molecular weight excluding hydrogens is 273 g/mol. The van der Waals surface area contributed by atoms with Crippen LogP contribution in [0.5, 0.6) is 0 Å². The van der Waals surface area contributed by atoms with Gasteiger partial charge in [-0.25, -0.2) is 4.39 Å². The molecule has 0 heterocycles. The highest BCUT2D eigenvalue weighted by molar-refractivity contribution is 5.95. The molecule has 0 atom stereocenters. The topological polar surface area (TPSA) is 46.6 Å². The molecule has 4 nitrogen and oxygen atoms in total. The minimum Gasteiger partial charge on any atom is -0.460 e. The smallest absolute Gasteiger partial charge is 0.306 e. The molecule has 0 aliphatic rings. The maximum atomic E-state index is 13.7. The Morgan fingerprint density at radius 3 is 2.33 bits per heavy atom. The van der Waals surface area contributed by atoms with E-state index in [1.165, 1.54) is 11.0 Å². The van der Waals surface area contributed by atoms with Crippen LogP contribution in [-0.2, 0) is 14.3 Å². The Labute approximate surface area is 124 Å². The second kappa shape index (κ2) is 7.20. The third kappa shape index (κ3) is 5.53. The van der Waals surface area contributed by atoms with Crippen molar-refractivity contribution in [3.8, 4) is 0 Å². The Kier molecular flexibility index (Phi) is 5.88. The first-order valence-corrected chi connectivity index (χ1v) is 7.01. The van der Waals surface area contributed by atoms with Crippen LogP contribution in [0.1, 0.15) is 40.5 Å². The molecule has 0 aliphatic carbocycles. The van der Waals surface area contributed by atoms with Crippen LogP contribution >= 0.6 is 0 Å². The van der Waals surface area contributed by atoms with E-state index in [1.54, 1.807) is 45.9 Å². The number of nitrogens with zero attached hydrogens (tertiary/aromatic N) is 1. The number of hydrogen-bond acceptors (Lipinski definition) is 3. The fourth-order valence-corrected chi connectivity index (χ4v) is 1.89. The Morgan fingerprint density at radius 2 is 1.81 bits per heavy atom. The predicted molar refractivity (Wildman–Crippen MR) is 79.5 cm³/mol. The highest BCUT2D eigenvalue weighted by Gasteiger charge is 2.20. The van der Waals surface area contributed by atoms with E-state index in [0.717, 1.165) is 0 Å². The van der Waals surface area contributed by atoms with Gasteiger partial charge in [-0.2, -0.15) is 0 Å². The number of carbonyl (C=O) groups is 2. The summed E-state index contributed by atoms with van der Waals surface area (Å²) in [5, 5.41) is 0. The first kappa shape index (κ1) is 17.1. The van der Waals surface area contributed by atoms with Gasteiger partial charge in [0, 0.05) is 13.0 Å². The zero-order valence-corrected chi connectivity index (χ0v) is 13.0. The monoisotopic (exact) mass is 295 g/mol. The van der Waals surface area contributed by atoms with Gasteiger partial charge in [0.2, 0.25) is 5.91 Å². The van der Waals surface area contributed by atoms with E-state index >= 15 is 0 Å². The van der Waals surface area contributed by atoms with Gasteiger partial charge in [-0.15, -0.1) is 0 Å². The highest BCUT2D eigenvalue weighted by Crippen LogP contribution is 2.20. The fraction of sp³-hybridized carbons (Fsp3) is 0.500. The lowest BCUT2D eigenvalue weighted by Gasteiger charge is -2.22. The quantitative estimate of drug-likeness (QED) is 0.783. The first-order chi connectivity index (χ1) is 9.74. The summed E-state index contributed by atoms with van der Waals surface area (Å²) in [6.45, 7) is 7.41. The summed E-state index contributed by atoms with van der Waals surface area (Å²) in [7, 11) is 0. The van der Waals surface area contributed by atoms with Gasteiger partial charge < -0.3 is 9.64 Å². The summed E-state index contributed by atoms with van der Waals surface area (Å²) >= 11 is 0. The number of halogens is 1. The molecule has 1 amide bonds. The Balaban J connectivity index is 2.65. The fourth-order valence-electron chi connectivity index (χ4n) is 1.89. The van der Waals surface area contributed by atoms with Crippen molar-refractivity contribution < 1.29 is 18.7 Å². The molecule has 1 aromatic rings. The Morgan fingerprint density at radius 1 is 1.19 bits per heavy atom. The van der Waals surface area contributed by atoms with Crippen molar-refractivity contribution in [1.82, 2.24) is 0 Å². The van der Waals surface area contributed by atoms with Gasteiger partial charge in [0.15, 0.2) is 0 Å². The average Bonchev–Trinajstić information content (AvgIpc) is 2.37. The third-order valence-electron chi connectivity index (χ3n) is 2.72. The average molecular weight is 295 g/mol. The minimum atomic E-state index is -0.573. The maximum Gasteiger partial charge on any atom is 0.306 e. The zero-order chi connectivity index (χ0) is 16.0. The number of amides is 1. The van der Waals surface area contributed by atoms with Crippen molar-refractivity contribution in [3.05, 3.63) is 30.1 Å². The number of benzene rings is 1. The highest BCUT2D eigenvalue weighted by atomic mass is 19.1. The van der Waals surface area contributed by atoms with E-state index in [2.05, 4.69) is 0 Å². The van der Waals surface area contributed by atoms with E-state index in [4.69, 9.17) is 4.74 Å². The molecular formula is C16H22FNO3. The lowest BCUT2D eigenvalue weighted by atomic mass is 10.2. The van der Waals surface area contributed by atoms with Crippen LogP contribution in [-0.4, -0.2) is 24.0 Å². The number of esters is 1. The molecule has 5 heteroatoms. The third-order valence-corrected chi connectivity index (χ3v) is 2.72. The molecule has 0 aliphatic heterocycles. The van der Waals surface area contributed by atoms with Crippen molar-refractivity contribution in [3.63, 3.8) is 0 Å². The normalized spacial score (nSPS) is 11.1. The molecule has 1 rings (SSSR count). The summed E-state index contributed by atoms with van der Waals surface area (Å²) in [5.41, 5.74) is -0.343. The van der Waals surface area contributed by atoms with Crippen molar-refractivity contribution in [2.75, 3.05) is 11.4 Å². The van der Waals surface area contributed by atoms with E-state index in [1.807, 2.05) is 0 Å². The van der Waals surface area contributed by atoms with Gasteiger partial charge in [0.25, 0.3) is 0 Å². The van der Waals surface area contributed by atoms with Crippen LogP contribution in [0, 0.1) is 5.82 Å². The second-order valence-corrected chi connectivity index (χ2v) is 5.68. The van der Waals surface area contributed by atoms with Crippen LogP contribution in [0.2, 0.25) is 0 Å². The molecule has 0 saturated carbocycles. The predicted octanol–water partition coefficient (Wildman–Crippen LogP) is 3.30. The summed E-state index contributed by atoms with van der Waals surface area (Å²) in [5.74, 6) is -1.18.